The second-order valence-electron chi connectivity index (χ2n) is 5.78. The van der Waals surface area contributed by atoms with Gasteiger partial charge in [-0.15, -0.1) is 0 Å². The minimum absolute atomic E-state index is 0.372. The van der Waals surface area contributed by atoms with Gasteiger partial charge in [-0.25, -0.2) is 4.98 Å². The SMILES string of the molecule is C[C@@H](c1cccc(-c2nccn2Cc2ccoc2)c1)N(C)C. The monoisotopic (exact) mass is 295 g/mol. The van der Waals surface area contributed by atoms with E-state index in [-0.39, 0.29) is 0 Å². The van der Waals surface area contributed by atoms with Gasteiger partial charge in [-0.2, -0.15) is 0 Å². The van der Waals surface area contributed by atoms with Gasteiger partial charge in [0.1, 0.15) is 5.82 Å². The van der Waals surface area contributed by atoms with Crippen molar-refractivity contribution in [2.75, 3.05) is 14.1 Å². The van der Waals surface area contributed by atoms with E-state index < -0.39 is 0 Å². The third kappa shape index (κ3) is 2.97. The molecule has 4 nitrogen and oxygen atoms in total. The molecule has 0 radical (unpaired) electrons. The molecule has 0 spiro atoms. The van der Waals surface area contributed by atoms with Crippen LogP contribution in [0.4, 0.5) is 0 Å². The van der Waals surface area contributed by atoms with E-state index in [4.69, 9.17) is 4.42 Å². The van der Waals surface area contributed by atoms with E-state index >= 15 is 0 Å². The zero-order valence-corrected chi connectivity index (χ0v) is 13.2. The fourth-order valence-corrected chi connectivity index (χ4v) is 2.51. The molecule has 2 heterocycles. The Labute approximate surface area is 131 Å². The number of aromatic nitrogens is 2. The zero-order chi connectivity index (χ0) is 15.5. The highest BCUT2D eigenvalue weighted by molar-refractivity contribution is 5.57. The van der Waals surface area contributed by atoms with Gasteiger partial charge in [0, 0.05) is 29.6 Å². The molecule has 0 amide bonds. The number of imidazole rings is 1. The van der Waals surface area contributed by atoms with Crippen LogP contribution in [-0.4, -0.2) is 28.5 Å². The van der Waals surface area contributed by atoms with E-state index in [0.717, 1.165) is 23.5 Å². The van der Waals surface area contributed by atoms with Gasteiger partial charge in [0.2, 0.25) is 0 Å². The first-order chi connectivity index (χ1) is 10.6. The Hall–Kier alpha value is -2.33. The molecule has 3 aromatic rings. The lowest BCUT2D eigenvalue weighted by atomic mass is 10.0. The summed E-state index contributed by atoms with van der Waals surface area (Å²) >= 11 is 0. The van der Waals surface area contributed by atoms with E-state index in [1.54, 1.807) is 12.5 Å². The van der Waals surface area contributed by atoms with Gasteiger partial charge in [0.25, 0.3) is 0 Å². The Bertz CT molecular complexity index is 728. The van der Waals surface area contributed by atoms with E-state index in [0.29, 0.717) is 6.04 Å². The molecule has 2 aromatic heterocycles. The van der Waals surface area contributed by atoms with E-state index in [9.17, 15) is 0 Å². The Morgan fingerprint density at radius 2 is 2.14 bits per heavy atom. The summed E-state index contributed by atoms with van der Waals surface area (Å²) < 4.78 is 7.29. The number of benzene rings is 1. The normalized spacial score (nSPS) is 12.7. The van der Waals surface area contributed by atoms with Gasteiger partial charge < -0.3 is 13.9 Å². The molecule has 0 fully saturated rings. The van der Waals surface area contributed by atoms with Crippen LogP contribution >= 0.6 is 0 Å². The molecule has 0 aliphatic rings. The van der Waals surface area contributed by atoms with Crippen LogP contribution in [0.3, 0.4) is 0 Å². The van der Waals surface area contributed by atoms with Crippen LogP contribution in [0.1, 0.15) is 24.1 Å². The molecule has 114 valence electrons. The van der Waals surface area contributed by atoms with Gasteiger partial charge in [0.15, 0.2) is 0 Å². The highest BCUT2D eigenvalue weighted by Gasteiger charge is 2.11. The predicted molar refractivity (Wildman–Crippen MR) is 87.6 cm³/mol. The molecule has 22 heavy (non-hydrogen) atoms. The Balaban J connectivity index is 1.92. The smallest absolute Gasteiger partial charge is 0.140 e. The van der Waals surface area contributed by atoms with Crippen molar-refractivity contribution in [3.8, 4) is 11.4 Å². The molecule has 0 unspecified atom stereocenters. The topological polar surface area (TPSA) is 34.2 Å². The fraction of sp³-hybridized carbons (Fsp3) is 0.278. The first-order valence-corrected chi connectivity index (χ1v) is 7.44. The van der Waals surface area contributed by atoms with Gasteiger partial charge >= 0.3 is 0 Å². The second-order valence-corrected chi connectivity index (χ2v) is 5.78. The molecule has 4 heteroatoms. The third-order valence-corrected chi connectivity index (χ3v) is 4.05. The van der Waals surface area contributed by atoms with Gasteiger partial charge in [-0.05, 0) is 38.7 Å². The van der Waals surface area contributed by atoms with E-state index in [2.05, 4.69) is 59.7 Å². The number of hydrogen-bond acceptors (Lipinski definition) is 3. The third-order valence-electron chi connectivity index (χ3n) is 4.05. The predicted octanol–water partition coefficient (Wildman–Crippen LogP) is 3.81. The van der Waals surface area contributed by atoms with Gasteiger partial charge in [-0.3, -0.25) is 0 Å². The van der Waals surface area contributed by atoms with Crippen molar-refractivity contribution in [2.24, 2.45) is 0 Å². The lowest BCUT2D eigenvalue weighted by Gasteiger charge is -2.20. The molecular formula is C18H21N3O. The van der Waals surface area contributed by atoms with Crippen LogP contribution in [0.2, 0.25) is 0 Å². The molecule has 1 aromatic carbocycles. The molecular weight excluding hydrogens is 274 g/mol. The Morgan fingerprint density at radius 3 is 2.86 bits per heavy atom. The summed E-state index contributed by atoms with van der Waals surface area (Å²) in [6.07, 6.45) is 7.32. The average Bonchev–Trinajstić information content (AvgIpc) is 3.18. The largest absolute Gasteiger partial charge is 0.472 e. The summed E-state index contributed by atoms with van der Waals surface area (Å²) in [7, 11) is 4.19. The highest BCUT2D eigenvalue weighted by Crippen LogP contribution is 2.24. The van der Waals surface area contributed by atoms with E-state index in [1.165, 1.54) is 5.56 Å². The standard InChI is InChI=1S/C18H21N3O/c1-14(20(2)3)16-5-4-6-17(11-16)18-19-8-9-21(18)12-15-7-10-22-13-15/h4-11,13-14H,12H2,1-3H3/t14-/m0/s1. The van der Waals surface area contributed by atoms with Crippen molar-refractivity contribution in [3.63, 3.8) is 0 Å². The minimum Gasteiger partial charge on any atom is -0.472 e. The first-order valence-electron chi connectivity index (χ1n) is 7.44. The lowest BCUT2D eigenvalue weighted by molar-refractivity contribution is 0.321. The maximum Gasteiger partial charge on any atom is 0.140 e. The number of hydrogen-bond donors (Lipinski definition) is 0. The summed E-state index contributed by atoms with van der Waals surface area (Å²) in [4.78, 5) is 6.74. The van der Waals surface area contributed by atoms with Crippen LogP contribution in [0, 0.1) is 0 Å². The first kappa shape index (κ1) is 14.6. The average molecular weight is 295 g/mol. The van der Waals surface area contributed by atoms with Crippen molar-refractivity contribution in [1.29, 1.82) is 0 Å². The maximum absolute atomic E-state index is 5.15. The number of furan rings is 1. The molecule has 0 bridgehead atoms. The van der Waals surface area contributed by atoms with Crippen LogP contribution in [-0.2, 0) is 6.54 Å². The summed E-state index contributed by atoms with van der Waals surface area (Å²) in [5, 5.41) is 0. The number of nitrogens with zero attached hydrogens (tertiary/aromatic N) is 3. The van der Waals surface area contributed by atoms with Crippen LogP contribution < -0.4 is 0 Å². The van der Waals surface area contributed by atoms with Crippen LogP contribution in [0.5, 0.6) is 0 Å². The summed E-state index contributed by atoms with van der Waals surface area (Å²) in [5.74, 6) is 0.981. The molecule has 0 aliphatic carbocycles. The maximum atomic E-state index is 5.15. The summed E-state index contributed by atoms with van der Waals surface area (Å²) in [6.45, 7) is 2.97. The molecule has 0 aliphatic heterocycles. The van der Waals surface area contributed by atoms with Crippen molar-refractivity contribution >= 4 is 0 Å². The lowest BCUT2D eigenvalue weighted by Crippen LogP contribution is -2.16. The molecule has 1 atom stereocenters. The summed E-state index contributed by atoms with van der Waals surface area (Å²) in [6, 6.07) is 10.9. The quantitative estimate of drug-likeness (QED) is 0.717. The van der Waals surface area contributed by atoms with Crippen molar-refractivity contribution in [3.05, 3.63) is 66.4 Å². The molecule has 0 saturated carbocycles. The molecule has 3 rings (SSSR count). The number of rotatable bonds is 5. The van der Waals surface area contributed by atoms with Gasteiger partial charge in [-0.1, -0.05) is 18.2 Å². The molecule has 0 N–H and O–H groups in total. The zero-order valence-electron chi connectivity index (χ0n) is 13.2. The van der Waals surface area contributed by atoms with Crippen LogP contribution in [0.25, 0.3) is 11.4 Å². The van der Waals surface area contributed by atoms with Crippen molar-refractivity contribution in [2.45, 2.75) is 19.5 Å². The molecule has 0 saturated heterocycles. The van der Waals surface area contributed by atoms with Crippen molar-refractivity contribution < 1.29 is 4.42 Å². The summed E-state index contributed by atoms with van der Waals surface area (Å²) in [5.41, 5.74) is 3.57. The Kier molecular flexibility index (Phi) is 4.11. The van der Waals surface area contributed by atoms with E-state index in [1.807, 2.05) is 18.5 Å². The van der Waals surface area contributed by atoms with Crippen molar-refractivity contribution in [1.82, 2.24) is 14.5 Å². The highest BCUT2D eigenvalue weighted by atomic mass is 16.3. The second kappa shape index (κ2) is 6.20. The van der Waals surface area contributed by atoms with Gasteiger partial charge in [0.05, 0.1) is 19.1 Å². The minimum atomic E-state index is 0.372. The fourth-order valence-electron chi connectivity index (χ4n) is 2.51. The van der Waals surface area contributed by atoms with Crippen LogP contribution in [0.15, 0.2) is 59.7 Å². The Morgan fingerprint density at radius 1 is 1.27 bits per heavy atom.